The Balaban J connectivity index is 2.90. The fourth-order valence-corrected chi connectivity index (χ4v) is 2.57. The first-order valence-electron chi connectivity index (χ1n) is 3.82. The van der Waals surface area contributed by atoms with Crippen molar-refractivity contribution in [2.45, 2.75) is 6.92 Å². The lowest BCUT2D eigenvalue weighted by atomic mass is 10.3. The molecule has 0 spiro atoms. The average molecular weight is 209 g/mol. The van der Waals surface area contributed by atoms with Gasteiger partial charge < -0.3 is 0 Å². The van der Waals surface area contributed by atoms with Gasteiger partial charge in [0.2, 0.25) is 5.91 Å². The van der Waals surface area contributed by atoms with Gasteiger partial charge in [0.15, 0.2) is 0 Å². The van der Waals surface area contributed by atoms with Crippen molar-refractivity contribution in [2.24, 2.45) is 0 Å². The number of benzene rings is 1. The molecule has 0 aliphatic carbocycles. The fourth-order valence-electron chi connectivity index (χ4n) is 1.18. The van der Waals surface area contributed by atoms with Crippen LogP contribution in [0.25, 0.3) is 10.1 Å². The minimum Gasteiger partial charge on any atom is -0.274 e. The Morgan fingerprint density at radius 1 is 1.46 bits per heavy atom. The summed E-state index contributed by atoms with van der Waals surface area (Å²) in [4.78, 5) is 11.1. The largest absolute Gasteiger partial charge is 0.274 e. The van der Waals surface area contributed by atoms with Crippen LogP contribution in [-0.2, 0) is 0 Å². The van der Waals surface area contributed by atoms with Crippen molar-refractivity contribution in [3.05, 3.63) is 28.9 Å². The Morgan fingerprint density at radius 2 is 2.15 bits per heavy atom. The molecule has 0 aliphatic rings. The molecule has 2 aromatic rings. The molecule has 13 heavy (non-hydrogen) atoms. The van der Waals surface area contributed by atoms with Crippen molar-refractivity contribution < 1.29 is 4.79 Å². The van der Waals surface area contributed by atoms with E-state index in [0.717, 1.165) is 10.1 Å². The summed E-state index contributed by atoms with van der Waals surface area (Å²) < 4.78 is 3.22. The zero-order valence-corrected chi connectivity index (χ0v) is 8.61. The zero-order chi connectivity index (χ0) is 9.42. The highest BCUT2D eigenvalue weighted by atomic mass is 32.1. The Morgan fingerprint density at radius 3 is 2.77 bits per heavy atom. The van der Waals surface area contributed by atoms with E-state index in [1.165, 1.54) is 18.5 Å². The van der Waals surface area contributed by atoms with E-state index in [-0.39, 0.29) is 5.91 Å². The molecule has 0 radical (unpaired) electrons. The lowest BCUT2D eigenvalue weighted by Crippen LogP contribution is -2.00. The number of rotatable bonds is 0. The minimum atomic E-state index is -0.0220. The molecule has 1 heterocycles. The van der Waals surface area contributed by atoms with E-state index < -0.39 is 0 Å². The highest BCUT2D eigenvalue weighted by Gasteiger charge is 2.05. The summed E-state index contributed by atoms with van der Waals surface area (Å²) in [7, 11) is 0. The third-order valence-corrected chi connectivity index (χ3v) is 3.47. The van der Waals surface area contributed by atoms with E-state index in [1.54, 1.807) is 3.96 Å². The molecule has 0 aliphatic heterocycles. The van der Waals surface area contributed by atoms with Gasteiger partial charge in [0.05, 0.1) is 4.70 Å². The lowest BCUT2D eigenvalue weighted by Gasteiger charge is -1.89. The van der Waals surface area contributed by atoms with E-state index in [1.807, 2.05) is 24.3 Å². The predicted octanol–water partition coefficient (Wildman–Crippen LogP) is 3.09. The standard InChI is InChI=1S/C9H7NOS2/c1-6(11)10-9(12)7-4-2-3-5-8(7)13-10/h2-5H,1H3. The van der Waals surface area contributed by atoms with E-state index in [0.29, 0.717) is 4.64 Å². The van der Waals surface area contributed by atoms with Gasteiger partial charge in [-0.3, -0.25) is 4.79 Å². The number of aromatic nitrogens is 1. The molecular weight excluding hydrogens is 202 g/mol. The predicted molar refractivity (Wildman–Crippen MR) is 56.9 cm³/mol. The van der Waals surface area contributed by atoms with Crippen LogP contribution in [0.15, 0.2) is 24.3 Å². The first kappa shape index (κ1) is 8.59. The monoisotopic (exact) mass is 209 g/mol. The second-order valence-corrected chi connectivity index (χ2v) is 4.08. The summed E-state index contributed by atoms with van der Waals surface area (Å²) in [6, 6.07) is 7.77. The van der Waals surface area contributed by atoms with Gasteiger partial charge in [0.25, 0.3) is 0 Å². The van der Waals surface area contributed by atoms with E-state index in [4.69, 9.17) is 12.2 Å². The normalized spacial score (nSPS) is 10.5. The Labute approximate surface area is 84.6 Å². The average Bonchev–Trinajstić information content (AvgIpc) is 2.45. The van der Waals surface area contributed by atoms with Crippen molar-refractivity contribution in [3.8, 4) is 0 Å². The number of hydrogen-bond donors (Lipinski definition) is 0. The number of nitrogens with zero attached hydrogens (tertiary/aromatic N) is 1. The van der Waals surface area contributed by atoms with Gasteiger partial charge in [-0.05, 0) is 6.07 Å². The molecule has 0 saturated carbocycles. The Hall–Kier alpha value is -1.00. The van der Waals surface area contributed by atoms with Gasteiger partial charge in [-0.25, -0.2) is 3.96 Å². The first-order valence-corrected chi connectivity index (χ1v) is 5.00. The van der Waals surface area contributed by atoms with E-state index in [2.05, 4.69) is 0 Å². The third kappa shape index (κ3) is 1.32. The maximum Gasteiger partial charge on any atom is 0.238 e. The molecule has 1 aromatic heterocycles. The van der Waals surface area contributed by atoms with Crippen LogP contribution in [0, 0.1) is 4.64 Å². The van der Waals surface area contributed by atoms with Crippen LogP contribution in [0.3, 0.4) is 0 Å². The number of carbonyl (C=O) groups excluding carboxylic acids is 1. The molecule has 0 fully saturated rings. The fraction of sp³-hybridized carbons (Fsp3) is 0.111. The van der Waals surface area contributed by atoms with Gasteiger partial charge in [-0.1, -0.05) is 41.9 Å². The van der Waals surface area contributed by atoms with E-state index in [9.17, 15) is 4.79 Å². The molecule has 0 saturated heterocycles. The van der Waals surface area contributed by atoms with Crippen LogP contribution in [0.1, 0.15) is 11.7 Å². The maximum absolute atomic E-state index is 11.1. The molecule has 0 bridgehead atoms. The van der Waals surface area contributed by atoms with Gasteiger partial charge >= 0.3 is 0 Å². The van der Waals surface area contributed by atoms with Crippen molar-refractivity contribution in [1.82, 2.24) is 3.96 Å². The van der Waals surface area contributed by atoms with Gasteiger partial charge in [-0.2, -0.15) is 0 Å². The molecule has 0 N–H and O–H groups in total. The highest BCUT2D eigenvalue weighted by molar-refractivity contribution is 7.71. The second-order valence-electron chi connectivity index (χ2n) is 2.71. The van der Waals surface area contributed by atoms with E-state index >= 15 is 0 Å². The van der Waals surface area contributed by atoms with Crippen LogP contribution >= 0.6 is 23.8 Å². The number of hydrogen-bond acceptors (Lipinski definition) is 3. The Bertz CT molecular complexity index is 524. The number of fused-ring (bicyclic) bond motifs is 1. The van der Waals surface area contributed by atoms with Gasteiger partial charge in [0, 0.05) is 12.3 Å². The van der Waals surface area contributed by atoms with Crippen molar-refractivity contribution >= 4 is 39.7 Å². The molecule has 4 heteroatoms. The topological polar surface area (TPSA) is 22.0 Å². The second kappa shape index (κ2) is 3.05. The maximum atomic E-state index is 11.1. The highest BCUT2D eigenvalue weighted by Crippen LogP contribution is 2.22. The third-order valence-electron chi connectivity index (χ3n) is 1.78. The molecular formula is C9H7NOS2. The lowest BCUT2D eigenvalue weighted by molar-refractivity contribution is 0.0947. The molecule has 2 rings (SSSR count). The summed E-state index contributed by atoms with van der Waals surface area (Å²) in [6.07, 6.45) is 0. The van der Waals surface area contributed by atoms with Crippen LogP contribution < -0.4 is 0 Å². The Kier molecular flexibility index (Phi) is 2.01. The van der Waals surface area contributed by atoms with Crippen LogP contribution in [0.5, 0.6) is 0 Å². The summed E-state index contributed by atoms with van der Waals surface area (Å²) in [6.45, 7) is 1.52. The van der Waals surface area contributed by atoms with Gasteiger partial charge in [0.1, 0.15) is 4.64 Å². The van der Waals surface area contributed by atoms with Crippen molar-refractivity contribution in [1.29, 1.82) is 0 Å². The van der Waals surface area contributed by atoms with Crippen molar-refractivity contribution in [3.63, 3.8) is 0 Å². The summed E-state index contributed by atoms with van der Waals surface area (Å²) in [5, 5.41) is 0.984. The van der Waals surface area contributed by atoms with Crippen molar-refractivity contribution in [2.75, 3.05) is 0 Å². The van der Waals surface area contributed by atoms with Crippen LogP contribution in [0.4, 0.5) is 0 Å². The molecule has 0 unspecified atom stereocenters. The zero-order valence-electron chi connectivity index (χ0n) is 6.98. The molecule has 1 aromatic carbocycles. The molecule has 66 valence electrons. The summed E-state index contributed by atoms with van der Waals surface area (Å²) >= 11 is 6.55. The molecule has 0 atom stereocenters. The summed E-state index contributed by atoms with van der Waals surface area (Å²) in [5.41, 5.74) is 0. The first-order chi connectivity index (χ1) is 6.20. The summed E-state index contributed by atoms with van der Waals surface area (Å²) in [5.74, 6) is -0.0220. The van der Waals surface area contributed by atoms with Crippen LogP contribution in [0.2, 0.25) is 0 Å². The SMILES string of the molecule is CC(=O)n1sc2ccccc2c1=S. The molecule has 0 amide bonds. The van der Waals surface area contributed by atoms with Crippen LogP contribution in [-0.4, -0.2) is 9.86 Å². The molecule has 2 nitrogen and oxygen atoms in total. The number of carbonyl (C=O) groups is 1. The minimum absolute atomic E-state index is 0.0220. The quantitative estimate of drug-likeness (QED) is 0.622. The van der Waals surface area contributed by atoms with Gasteiger partial charge in [-0.15, -0.1) is 0 Å². The smallest absolute Gasteiger partial charge is 0.238 e.